The molecule has 0 saturated carbocycles. The largest absolute Gasteiger partial charge is 0.490 e. The molecule has 0 aliphatic carbocycles. The van der Waals surface area contributed by atoms with E-state index in [2.05, 4.69) is 14.8 Å². The van der Waals surface area contributed by atoms with Gasteiger partial charge >= 0.3 is 0 Å². The van der Waals surface area contributed by atoms with Crippen molar-refractivity contribution in [2.24, 2.45) is 0 Å². The lowest BCUT2D eigenvalue weighted by atomic mass is 10.2. The van der Waals surface area contributed by atoms with E-state index in [1.54, 1.807) is 23.0 Å². The van der Waals surface area contributed by atoms with Crippen molar-refractivity contribution in [2.45, 2.75) is 11.4 Å². The number of anilines is 1. The van der Waals surface area contributed by atoms with Crippen molar-refractivity contribution >= 4 is 15.7 Å². The van der Waals surface area contributed by atoms with E-state index in [0.29, 0.717) is 24.6 Å². The number of halogens is 1. The van der Waals surface area contributed by atoms with Gasteiger partial charge in [-0.1, -0.05) is 0 Å². The minimum atomic E-state index is -4.16. The van der Waals surface area contributed by atoms with E-state index in [1.165, 1.54) is 19.4 Å². The zero-order valence-corrected chi connectivity index (χ0v) is 16.9. The van der Waals surface area contributed by atoms with Crippen molar-refractivity contribution in [3.63, 3.8) is 0 Å². The number of rotatable bonds is 7. The zero-order valence-electron chi connectivity index (χ0n) is 16.0. The average molecular weight is 434 g/mol. The van der Waals surface area contributed by atoms with Gasteiger partial charge in [-0.05, 0) is 30.3 Å². The summed E-state index contributed by atoms with van der Waals surface area (Å²) in [4.78, 5) is 3.90. The first-order valence-electron chi connectivity index (χ1n) is 9.07. The van der Waals surface area contributed by atoms with Crippen molar-refractivity contribution in [2.75, 3.05) is 31.7 Å². The lowest BCUT2D eigenvalue weighted by Crippen LogP contribution is -2.16. The summed E-state index contributed by atoms with van der Waals surface area (Å²) in [5.74, 6) is -0.302. The summed E-state index contributed by atoms with van der Waals surface area (Å²) in [6, 6.07) is 6.69. The predicted molar refractivity (Wildman–Crippen MR) is 106 cm³/mol. The van der Waals surface area contributed by atoms with Gasteiger partial charge in [0.05, 0.1) is 36.3 Å². The maximum Gasteiger partial charge on any atom is 0.265 e. The minimum absolute atomic E-state index is 0.0186. The van der Waals surface area contributed by atoms with E-state index >= 15 is 0 Å². The predicted octanol–water partition coefficient (Wildman–Crippen LogP) is 2.30. The van der Waals surface area contributed by atoms with Crippen molar-refractivity contribution < 1.29 is 27.0 Å². The Labute approximate surface area is 172 Å². The molecule has 1 N–H and O–H groups in total. The highest BCUT2D eigenvalue weighted by molar-refractivity contribution is 7.92. The van der Waals surface area contributed by atoms with Gasteiger partial charge in [-0.3, -0.25) is 9.40 Å². The van der Waals surface area contributed by atoms with Gasteiger partial charge in [0.15, 0.2) is 0 Å². The summed E-state index contributed by atoms with van der Waals surface area (Å²) in [5.41, 5.74) is 1.55. The van der Waals surface area contributed by atoms with E-state index in [1.807, 2.05) is 0 Å². The van der Waals surface area contributed by atoms with Gasteiger partial charge in [-0.2, -0.15) is 5.10 Å². The highest BCUT2D eigenvalue weighted by atomic mass is 32.2. The molecule has 158 valence electrons. The molecule has 9 nitrogen and oxygen atoms in total. The fourth-order valence-electron chi connectivity index (χ4n) is 3.03. The maximum atomic E-state index is 13.8. The molecule has 0 amide bonds. The molecule has 1 aliphatic heterocycles. The number of nitrogens with one attached hydrogen (secondary N) is 1. The number of pyridine rings is 1. The maximum absolute atomic E-state index is 13.8. The van der Waals surface area contributed by atoms with E-state index < -0.39 is 15.8 Å². The van der Waals surface area contributed by atoms with Crippen LogP contribution in [-0.4, -0.2) is 50.1 Å². The molecule has 2 aromatic heterocycles. The molecule has 1 aromatic carbocycles. The Hall–Kier alpha value is -3.18. The quantitative estimate of drug-likeness (QED) is 0.569. The second kappa shape index (κ2) is 8.28. The van der Waals surface area contributed by atoms with Crippen LogP contribution in [0.2, 0.25) is 0 Å². The summed E-state index contributed by atoms with van der Waals surface area (Å²) in [6.07, 6.45) is 2.99. The molecule has 0 atom stereocenters. The number of fused-ring (bicyclic) bond motifs is 3. The van der Waals surface area contributed by atoms with Gasteiger partial charge in [0, 0.05) is 13.3 Å². The average Bonchev–Trinajstić information content (AvgIpc) is 3.11. The van der Waals surface area contributed by atoms with Crippen LogP contribution in [0.4, 0.5) is 10.1 Å². The summed E-state index contributed by atoms with van der Waals surface area (Å²) in [6.45, 7) is 1.32. The Morgan fingerprint density at radius 3 is 2.97 bits per heavy atom. The standard InChI is InChI=1S/C19H19FN4O5S/c1-27-8-9-28-17-3-2-13(20)10-18(17)30(25,26)23-14-11-15-16-4-5-22-24(16)6-7-29-19(15)21-12-14/h2-5,10-12,23H,6-9H2,1H3. The van der Waals surface area contributed by atoms with Crippen LogP contribution < -0.4 is 14.2 Å². The van der Waals surface area contributed by atoms with E-state index in [0.717, 1.165) is 17.8 Å². The monoisotopic (exact) mass is 434 g/mol. The van der Waals surface area contributed by atoms with Crippen LogP contribution in [-0.2, 0) is 21.3 Å². The normalized spacial score (nSPS) is 13.0. The first kappa shape index (κ1) is 20.1. The third kappa shape index (κ3) is 4.07. The Morgan fingerprint density at radius 2 is 2.13 bits per heavy atom. The zero-order chi connectivity index (χ0) is 21.1. The molecule has 1 aliphatic rings. The Bertz CT molecular complexity index is 1170. The van der Waals surface area contributed by atoms with Gasteiger partial charge < -0.3 is 14.2 Å². The molecule has 4 rings (SSSR count). The van der Waals surface area contributed by atoms with Crippen molar-refractivity contribution in [1.29, 1.82) is 0 Å². The molecule has 3 heterocycles. The summed E-state index contributed by atoms with van der Waals surface area (Å²) in [7, 11) is -2.67. The van der Waals surface area contributed by atoms with Crippen LogP contribution >= 0.6 is 0 Å². The summed E-state index contributed by atoms with van der Waals surface area (Å²) in [5, 5.41) is 4.23. The van der Waals surface area contributed by atoms with Crippen LogP contribution in [0.25, 0.3) is 11.3 Å². The van der Waals surface area contributed by atoms with Crippen LogP contribution in [0.3, 0.4) is 0 Å². The number of hydrogen-bond acceptors (Lipinski definition) is 7. The highest BCUT2D eigenvalue weighted by Crippen LogP contribution is 2.33. The van der Waals surface area contributed by atoms with Gasteiger partial charge in [0.1, 0.15) is 29.7 Å². The molecule has 0 spiro atoms. The first-order valence-corrected chi connectivity index (χ1v) is 10.6. The molecule has 30 heavy (non-hydrogen) atoms. The highest BCUT2D eigenvalue weighted by Gasteiger charge is 2.23. The first-order chi connectivity index (χ1) is 14.5. The van der Waals surface area contributed by atoms with Gasteiger partial charge in [-0.15, -0.1) is 0 Å². The molecule has 11 heteroatoms. The number of aromatic nitrogens is 3. The Balaban J connectivity index is 1.67. The van der Waals surface area contributed by atoms with Crippen LogP contribution in [0.15, 0.2) is 47.6 Å². The third-order valence-electron chi connectivity index (χ3n) is 4.38. The summed E-state index contributed by atoms with van der Waals surface area (Å²) < 4.78 is 59.9. The SMILES string of the molecule is COCCOc1ccc(F)cc1S(=O)(=O)Nc1cnc2c(c1)-c1ccnn1CCO2. The van der Waals surface area contributed by atoms with Gasteiger partial charge in [0.25, 0.3) is 10.0 Å². The van der Waals surface area contributed by atoms with Crippen molar-refractivity contribution in [1.82, 2.24) is 14.8 Å². The molecule has 3 aromatic rings. The second-order valence-electron chi connectivity index (χ2n) is 6.40. The lowest BCUT2D eigenvalue weighted by molar-refractivity contribution is 0.144. The van der Waals surface area contributed by atoms with Crippen molar-refractivity contribution in [3.05, 3.63) is 48.5 Å². The Kier molecular flexibility index (Phi) is 5.55. The molecule has 0 saturated heterocycles. The molecular formula is C19H19FN4O5S. The number of nitrogens with zero attached hydrogens (tertiary/aromatic N) is 3. The van der Waals surface area contributed by atoms with E-state index in [4.69, 9.17) is 14.2 Å². The molecule has 0 bridgehead atoms. The third-order valence-corrected chi connectivity index (χ3v) is 5.78. The van der Waals surface area contributed by atoms with Crippen LogP contribution in [0, 0.1) is 5.82 Å². The molecular weight excluding hydrogens is 415 g/mol. The molecule has 0 unspecified atom stereocenters. The number of sulfonamides is 1. The lowest BCUT2D eigenvalue weighted by Gasteiger charge is -2.14. The fraction of sp³-hybridized carbons (Fsp3) is 0.263. The Morgan fingerprint density at radius 1 is 1.27 bits per heavy atom. The molecule has 0 fully saturated rings. The number of hydrogen-bond donors (Lipinski definition) is 1. The van der Waals surface area contributed by atoms with Crippen molar-refractivity contribution in [3.8, 4) is 22.9 Å². The second-order valence-corrected chi connectivity index (χ2v) is 8.05. The summed E-state index contributed by atoms with van der Waals surface area (Å²) >= 11 is 0. The number of benzene rings is 1. The fourth-order valence-corrected chi connectivity index (χ4v) is 4.22. The topological polar surface area (TPSA) is 105 Å². The van der Waals surface area contributed by atoms with Gasteiger partial charge in [-0.25, -0.2) is 17.8 Å². The number of ether oxygens (including phenoxy) is 3. The number of methoxy groups -OCH3 is 1. The smallest absolute Gasteiger partial charge is 0.265 e. The van der Waals surface area contributed by atoms with Crippen LogP contribution in [0.5, 0.6) is 11.6 Å². The molecule has 0 radical (unpaired) electrons. The van der Waals surface area contributed by atoms with Gasteiger partial charge in [0.2, 0.25) is 5.88 Å². The van der Waals surface area contributed by atoms with E-state index in [-0.39, 0.29) is 29.5 Å². The minimum Gasteiger partial charge on any atom is -0.490 e. The van der Waals surface area contributed by atoms with Crippen LogP contribution in [0.1, 0.15) is 0 Å². The van der Waals surface area contributed by atoms with E-state index in [9.17, 15) is 12.8 Å².